The molecule has 0 bridgehead atoms. The molecule has 0 unspecified atom stereocenters. The number of benzene rings is 1. The first-order chi connectivity index (χ1) is 7.54. The van der Waals surface area contributed by atoms with Crippen molar-refractivity contribution in [3.63, 3.8) is 0 Å². The molecule has 0 spiro atoms. The van der Waals surface area contributed by atoms with Crippen LogP contribution in [0, 0.1) is 5.92 Å². The van der Waals surface area contributed by atoms with Crippen LogP contribution in [-0.2, 0) is 6.42 Å². The Morgan fingerprint density at radius 3 is 2.31 bits per heavy atom. The van der Waals surface area contributed by atoms with Crippen LogP contribution in [0.1, 0.15) is 33.3 Å². The lowest BCUT2D eigenvalue weighted by molar-refractivity contribution is 0.417. The van der Waals surface area contributed by atoms with Crippen molar-refractivity contribution in [2.75, 3.05) is 7.11 Å². The van der Waals surface area contributed by atoms with E-state index in [2.05, 4.69) is 13.8 Å². The normalized spacial score (nSPS) is 9.69. The highest BCUT2D eigenvalue weighted by Crippen LogP contribution is 2.22. The van der Waals surface area contributed by atoms with E-state index in [-0.39, 0.29) is 0 Å². The predicted molar refractivity (Wildman–Crippen MR) is 73.3 cm³/mol. The van der Waals surface area contributed by atoms with Crippen molar-refractivity contribution >= 4 is 24.9 Å². The third kappa shape index (κ3) is 4.48. The van der Waals surface area contributed by atoms with Crippen LogP contribution in [0.5, 0.6) is 5.75 Å². The average molecular weight is 239 g/mol. The number of rotatable bonds is 3. The summed E-state index contributed by atoms with van der Waals surface area (Å²) in [7, 11) is 7.33. The van der Waals surface area contributed by atoms with Gasteiger partial charge in [-0.15, -0.1) is 0 Å². The van der Waals surface area contributed by atoms with Crippen LogP contribution in [0.25, 0.3) is 0 Å². The monoisotopic (exact) mass is 238 g/mol. The summed E-state index contributed by atoms with van der Waals surface area (Å²) in [6.07, 6.45) is 0.940. The molecule has 1 rings (SSSR count). The lowest BCUT2D eigenvalue weighted by Crippen LogP contribution is -2.09. The van der Waals surface area contributed by atoms with Gasteiger partial charge in [0.1, 0.15) is 13.6 Å². The predicted octanol–water partition coefficient (Wildman–Crippen LogP) is 3.37. The summed E-state index contributed by atoms with van der Waals surface area (Å²) < 4.78 is 5.14. The number of halogens is 1. The summed E-state index contributed by atoms with van der Waals surface area (Å²) in [5, 5.41) is 0.719. The Labute approximate surface area is 106 Å². The van der Waals surface area contributed by atoms with E-state index in [4.69, 9.17) is 24.2 Å². The van der Waals surface area contributed by atoms with Gasteiger partial charge in [-0.1, -0.05) is 44.8 Å². The maximum absolute atomic E-state index is 6.07. The van der Waals surface area contributed by atoms with Crippen LogP contribution < -0.4 is 10.2 Å². The number of hydrogen-bond acceptors (Lipinski definition) is 1. The summed E-state index contributed by atoms with van der Waals surface area (Å²) in [5.74, 6) is 1.27. The summed E-state index contributed by atoms with van der Waals surface area (Å²) in [5.41, 5.74) is 1.68. The fourth-order valence-electron chi connectivity index (χ4n) is 1.38. The number of hydrogen-bond donors (Lipinski definition) is 0. The lowest BCUT2D eigenvalue weighted by Gasteiger charge is -2.11. The molecule has 0 saturated heterocycles. The Hall–Kier alpha value is -0.625. The van der Waals surface area contributed by atoms with E-state index in [0.717, 1.165) is 17.0 Å². The molecular weight excluding hydrogens is 218 g/mol. The topological polar surface area (TPSA) is 9.23 Å². The van der Waals surface area contributed by atoms with Crippen molar-refractivity contribution in [2.24, 2.45) is 5.92 Å². The number of methoxy groups -OCH3 is 1. The molecule has 88 valence electrons. The molecule has 0 aliphatic rings. The molecule has 1 aromatic carbocycles. The first-order valence-corrected chi connectivity index (χ1v) is 6.04. The quantitative estimate of drug-likeness (QED) is 0.734. The van der Waals surface area contributed by atoms with E-state index in [1.807, 2.05) is 19.9 Å². The second-order valence-corrected chi connectivity index (χ2v) is 4.19. The summed E-state index contributed by atoms with van der Waals surface area (Å²) in [4.78, 5) is 0. The molecule has 0 fully saturated rings. The molecular formula is C13H20BClO. The van der Waals surface area contributed by atoms with E-state index < -0.39 is 0 Å². The largest absolute Gasteiger partial charge is 0.497 e. The molecule has 2 radical (unpaired) electrons. The minimum atomic E-state index is 0.570. The van der Waals surface area contributed by atoms with Crippen LogP contribution in [0.15, 0.2) is 12.1 Å². The third-order valence-electron chi connectivity index (χ3n) is 2.03. The van der Waals surface area contributed by atoms with E-state index >= 15 is 0 Å². The van der Waals surface area contributed by atoms with Gasteiger partial charge in [-0.3, -0.25) is 0 Å². The number of ether oxygens (including phenoxy) is 1. The fraction of sp³-hybridized carbons (Fsp3) is 0.538. The Morgan fingerprint density at radius 1 is 1.31 bits per heavy atom. The average Bonchev–Trinajstić information content (AvgIpc) is 2.24. The van der Waals surface area contributed by atoms with E-state index in [1.165, 1.54) is 0 Å². The molecule has 1 nitrogen and oxygen atoms in total. The van der Waals surface area contributed by atoms with Gasteiger partial charge in [0.25, 0.3) is 0 Å². The van der Waals surface area contributed by atoms with Gasteiger partial charge in [0.05, 0.1) is 7.11 Å². The van der Waals surface area contributed by atoms with Gasteiger partial charge in [-0.05, 0) is 30.0 Å². The van der Waals surface area contributed by atoms with E-state index in [1.54, 1.807) is 13.2 Å². The van der Waals surface area contributed by atoms with Gasteiger partial charge in [0, 0.05) is 5.02 Å². The minimum absolute atomic E-state index is 0.570. The van der Waals surface area contributed by atoms with Crippen molar-refractivity contribution in [2.45, 2.75) is 34.1 Å². The van der Waals surface area contributed by atoms with Crippen molar-refractivity contribution in [1.82, 2.24) is 0 Å². The zero-order valence-electron chi connectivity index (χ0n) is 10.8. The second kappa shape index (κ2) is 7.62. The summed E-state index contributed by atoms with van der Waals surface area (Å²) in [6, 6.07) is 3.66. The maximum Gasteiger partial charge on any atom is 0.119 e. The van der Waals surface area contributed by atoms with Gasteiger partial charge in [-0.2, -0.15) is 0 Å². The highest BCUT2D eigenvalue weighted by Gasteiger charge is 2.07. The Kier molecular flexibility index (Phi) is 7.32. The maximum atomic E-state index is 6.07. The first-order valence-electron chi connectivity index (χ1n) is 5.66. The van der Waals surface area contributed by atoms with Crippen LogP contribution >= 0.6 is 11.6 Å². The second-order valence-electron chi connectivity index (χ2n) is 3.78. The SMILES string of the molecule is CC.[B]c1cc(Cl)c(CC(C)C)cc1OC. The van der Waals surface area contributed by atoms with Gasteiger partial charge in [0.15, 0.2) is 0 Å². The Balaban J connectivity index is 0.00000106. The van der Waals surface area contributed by atoms with Crippen molar-refractivity contribution < 1.29 is 4.74 Å². The molecule has 0 aliphatic carbocycles. The standard InChI is InChI=1S/C11H14BClO.C2H6/c1-7(2)4-8-5-11(14-3)9(12)6-10(8)13;1-2/h5-7H,4H2,1-3H3;1-2H3. The Bertz CT molecular complexity index is 324. The van der Waals surface area contributed by atoms with Gasteiger partial charge in [-0.25, -0.2) is 0 Å². The van der Waals surface area contributed by atoms with Crippen LogP contribution in [0.3, 0.4) is 0 Å². The summed E-state index contributed by atoms with van der Waals surface area (Å²) in [6.45, 7) is 8.30. The van der Waals surface area contributed by atoms with Crippen LogP contribution in [0.2, 0.25) is 5.02 Å². The van der Waals surface area contributed by atoms with Crippen LogP contribution in [-0.4, -0.2) is 15.0 Å². The molecule has 0 N–H and O–H groups in total. The van der Waals surface area contributed by atoms with Crippen LogP contribution in [0.4, 0.5) is 0 Å². The van der Waals surface area contributed by atoms with E-state index in [9.17, 15) is 0 Å². The van der Waals surface area contributed by atoms with Gasteiger partial charge in [0.2, 0.25) is 0 Å². The molecule has 3 heteroatoms. The molecule has 0 atom stereocenters. The fourth-order valence-corrected chi connectivity index (χ4v) is 1.63. The van der Waals surface area contributed by atoms with Gasteiger partial charge >= 0.3 is 0 Å². The minimum Gasteiger partial charge on any atom is -0.497 e. The molecule has 0 heterocycles. The molecule has 0 amide bonds. The molecule has 0 saturated carbocycles. The first kappa shape index (κ1) is 15.4. The van der Waals surface area contributed by atoms with Crippen molar-refractivity contribution in [3.8, 4) is 5.75 Å². The molecule has 0 aliphatic heterocycles. The zero-order chi connectivity index (χ0) is 12.7. The Morgan fingerprint density at radius 2 is 1.88 bits per heavy atom. The van der Waals surface area contributed by atoms with E-state index in [0.29, 0.717) is 17.1 Å². The third-order valence-corrected chi connectivity index (χ3v) is 2.38. The molecule has 16 heavy (non-hydrogen) atoms. The summed E-state index contributed by atoms with van der Waals surface area (Å²) >= 11 is 6.07. The smallest absolute Gasteiger partial charge is 0.119 e. The molecule has 0 aromatic heterocycles. The van der Waals surface area contributed by atoms with Gasteiger partial charge < -0.3 is 4.74 Å². The zero-order valence-corrected chi connectivity index (χ0v) is 11.6. The highest BCUT2D eigenvalue weighted by atomic mass is 35.5. The highest BCUT2D eigenvalue weighted by molar-refractivity contribution is 6.38. The van der Waals surface area contributed by atoms with Crippen molar-refractivity contribution in [3.05, 3.63) is 22.7 Å². The molecule has 1 aromatic rings. The van der Waals surface area contributed by atoms with Crippen molar-refractivity contribution in [1.29, 1.82) is 0 Å². The lowest BCUT2D eigenvalue weighted by atomic mass is 9.92.